The number of hydrogen-bond donors (Lipinski definition) is 1. The molecule has 0 fully saturated rings. The van der Waals surface area contributed by atoms with Gasteiger partial charge in [-0.1, -0.05) is 117 Å². The summed E-state index contributed by atoms with van der Waals surface area (Å²) in [4.78, 5) is 0. The maximum atomic E-state index is 11.5. The number of unbranched alkanes of at least 4 members (excludes halogenated alkanes) is 14. The van der Waals surface area contributed by atoms with Gasteiger partial charge >= 0.3 is 51.4 Å². The van der Waals surface area contributed by atoms with Gasteiger partial charge in [-0.15, -0.1) is 0 Å². The van der Waals surface area contributed by atoms with Gasteiger partial charge in [0.2, 0.25) is 0 Å². The molecule has 0 aromatic carbocycles. The van der Waals surface area contributed by atoms with Crippen LogP contribution >= 0.6 is 0 Å². The van der Waals surface area contributed by atoms with Crippen molar-refractivity contribution in [1.82, 2.24) is 0 Å². The van der Waals surface area contributed by atoms with Crippen molar-refractivity contribution in [3.63, 3.8) is 0 Å². The molecule has 4 nitrogen and oxygen atoms in total. The van der Waals surface area contributed by atoms with E-state index in [1.54, 1.807) is 0 Å². The van der Waals surface area contributed by atoms with E-state index in [0.717, 1.165) is 70.6 Å². The van der Waals surface area contributed by atoms with Crippen molar-refractivity contribution >= 4 is 10.1 Å². The average Bonchev–Trinajstić information content (AvgIpc) is 2.68. The van der Waals surface area contributed by atoms with Gasteiger partial charge in [-0.3, -0.25) is 0 Å². The second kappa shape index (κ2) is 23.7. The monoisotopic (exact) mass is 472 g/mol. The average molecular weight is 473 g/mol. The molecule has 0 saturated heterocycles. The molecule has 0 amide bonds. The van der Waals surface area contributed by atoms with Crippen LogP contribution in [0.5, 0.6) is 0 Å². The molecule has 0 aliphatic rings. The molecule has 0 rings (SSSR count). The summed E-state index contributed by atoms with van der Waals surface area (Å²) < 4.78 is 34.6. The summed E-state index contributed by atoms with van der Waals surface area (Å²) >= 11 is 0. The maximum Gasteiger partial charge on any atom is 1.00 e. The maximum absolute atomic E-state index is 11.5. The number of hydrogen-bond acceptors (Lipinski definition) is 4. The molecule has 0 radical (unpaired) electrons. The third-order valence-corrected chi connectivity index (χ3v) is 7.36. The number of rotatable bonds is 22. The molecular weight excluding hydrogens is 423 g/mol. The van der Waals surface area contributed by atoms with Crippen molar-refractivity contribution in [1.29, 1.82) is 0 Å². The summed E-state index contributed by atoms with van der Waals surface area (Å²) in [7, 11) is -4.17. The fourth-order valence-corrected chi connectivity index (χ4v) is 4.87. The van der Waals surface area contributed by atoms with E-state index in [-0.39, 0.29) is 57.5 Å². The standard InChI is InChI=1S/C24H50O4S.K/c1-3-5-6-7-8-9-10-11-15-18-21-24(29(26,27)28)22-19-16-13-12-14-17-20-23(25)4-2;/h23-25H,3-22H2,1-2H3,(H,26,27,28);/q;+1/p-1. The van der Waals surface area contributed by atoms with Gasteiger partial charge in [0.05, 0.1) is 16.2 Å². The SMILES string of the molecule is CCCCCCCCCCCCC(CCCCCCCCC(O)CC)S(=O)(=O)[O-].[K+]. The Morgan fingerprint density at radius 3 is 1.30 bits per heavy atom. The molecule has 2 unspecified atom stereocenters. The molecule has 0 aliphatic heterocycles. The van der Waals surface area contributed by atoms with Crippen molar-refractivity contribution in [2.24, 2.45) is 0 Å². The molecule has 6 heteroatoms. The van der Waals surface area contributed by atoms with E-state index in [2.05, 4.69) is 6.92 Å². The Hall–Kier alpha value is 1.51. The van der Waals surface area contributed by atoms with Gasteiger partial charge in [-0.25, -0.2) is 8.42 Å². The summed E-state index contributed by atoms with van der Waals surface area (Å²) in [6, 6.07) is 0. The molecule has 0 heterocycles. The van der Waals surface area contributed by atoms with Crippen LogP contribution < -0.4 is 51.4 Å². The molecular formula is C24H49KO4S. The van der Waals surface area contributed by atoms with Crippen LogP contribution in [0.2, 0.25) is 0 Å². The van der Waals surface area contributed by atoms with Crippen LogP contribution in [0, 0.1) is 0 Å². The fourth-order valence-electron chi connectivity index (χ4n) is 3.96. The molecule has 2 atom stereocenters. The first-order valence-electron chi connectivity index (χ1n) is 12.5. The normalized spacial score (nSPS) is 13.7. The summed E-state index contributed by atoms with van der Waals surface area (Å²) in [5.41, 5.74) is 0. The molecule has 0 saturated carbocycles. The molecule has 176 valence electrons. The zero-order valence-electron chi connectivity index (χ0n) is 20.4. The van der Waals surface area contributed by atoms with E-state index < -0.39 is 15.4 Å². The van der Waals surface area contributed by atoms with Crippen molar-refractivity contribution in [3.8, 4) is 0 Å². The molecule has 0 aromatic rings. The van der Waals surface area contributed by atoms with E-state index in [1.807, 2.05) is 6.92 Å². The van der Waals surface area contributed by atoms with Crippen molar-refractivity contribution in [2.75, 3.05) is 0 Å². The quantitative estimate of drug-likeness (QED) is 0.146. The van der Waals surface area contributed by atoms with Crippen molar-refractivity contribution in [3.05, 3.63) is 0 Å². The second-order valence-corrected chi connectivity index (χ2v) is 10.5. The number of aliphatic hydroxyl groups excluding tert-OH is 1. The Morgan fingerprint density at radius 2 is 0.967 bits per heavy atom. The minimum Gasteiger partial charge on any atom is -0.748 e. The van der Waals surface area contributed by atoms with Gasteiger partial charge in [0.15, 0.2) is 0 Å². The van der Waals surface area contributed by atoms with Gasteiger partial charge < -0.3 is 9.66 Å². The van der Waals surface area contributed by atoms with Gasteiger partial charge in [-0.2, -0.15) is 0 Å². The number of aliphatic hydroxyl groups is 1. The van der Waals surface area contributed by atoms with Crippen LogP contribution in [-0.4, -0.2) is 29.4 Å². The Kier molecular flexibility index (Phi) is 26.6. The minimum absolute atomic E-state index is 0. The Balaban J connectivity index is 0. The first-order chi connectivity index (χ1) is 13.9. The van der Waals surface area contributed by atoms with Crippen LogP contribution in [0.4, 0.5) is 0 Å². The minimum atomic E-state index is -4.17. The first-order valence-corrected chi connectivity index (χ1v) is 14.0. The summed E-state index contributed by atoms with van der Waals surface area (Å²) in [5.74, 6) is 0. The summed E-state index contributed by atoms with van der Waals surface area (Å²) in [5, 5.41) is 8.84. The van der Waals surface area contributed by atoms with E-state index in [9.17, 15) is 18.1 Å². The van der Waals surface area contributed by atoms with Crippen LogP contribution in [0.1, 0.15) is 142 Å². The third kappa shape index (κ3) is 22.7. The third-order valence-electron chi connectivity index (χ3n) is 6.07. The molecule has 1 N–H and O–H groups in total. The summed E-state index contributed by atoms with van der Waals surface area (Å²) in [6.45, 7) is 4.23. The first kappa shape index (κ1) is 33.7. The van der Waals surface area contributed by atoms with E-state index in [1.165, 1.54) is 44.9 Å². The smallest absolute Gasteiger partial charge is 0.748 e. The molecule has 0 aliphatic carbocycles. The van der Waals surface area contributed by atoms with Gasteiger partial charge in [0.25, 0.3) is 0 Å². The zero-order chi connectivity index (χ0) is 21.8. The van der Waals surface area contributed by atoms with Crippen LogP contribution in [0.3, 0.4) is 0 Å². The Labute approximate surface area is 230 Å². The fraction of sp³-hybridized carbons (Fsp3) is 1.00. The van der Waals surface area contributed by atoms with E-state index in [0.29, 0.717) is 12.8 Å². The molecule has 0 aromatic heterocycles. The predicted octanol–water partition coefficient (Wildman–Crippen LogP) is 4.11. The molecule has 30 heavy (non-hydrogen) atoms. The van der Waals surface area contributed by atoms with E-state index >= 15 is 0 Å². The topological polar surface area (TPSA) is 77.4 Å². The van der Waals surface area contributed by atoms with Gasteiger partial charge in [0, 0.05) is 5.25 Å². The van der Waals surface area contributed by atoms with Crippen molar-refractivity contribution in [2.45, 2.75) is 154 Å². The summed E-state index contributed by atoms with van der Waals surface area (Å²) in [6.07, 6.45) is 21.1. The van der Waals surface area contributed by atoms with Crippen LogP contribution in [0.15, 0.2) is 0 Å². The van der Waals surface area contributed by atoms with Crippen molar-refractivity contribution < 1.29 is 69.5 Å². The molecule has 0 bridgehead atoms. The predicted molar refractivity (Wildman–Crippen MR) is 123 cm³/mol. The zero-order valence-corrected chi connectivity index (χ0v) is 24.3. The largest absolute Gasteiger partial charge is 1.00 e. The Morgan fingerprint density at radius 1 is 0.633 bits per heavy atom. The van der Waals surface area contributed by atoms with Gasteiger partial charge in [0.1, 0.15) is 0 Å². The van der Waals surface area contributed by atoms with Crippen LogP contribution in [0.25, 0.3) is 0 Å². The van der Waals surface area contributed by atoms with E-state index in [4.69, 9.17) is 0 Å². The van der Waals surface area contributed by atoms with Crippen LogP contribution in [-0.2, 0) is 10.1 Å². The molecule has 0 spiro atoms. The Bertz CT molecular complexity index is 442. The second-order valence-electron chi connectivity index (χ2n) is 8.85. The van der Waals surface area contributed by atoms with Gasteiger partial charge in [-0.05, 0) is 25.7 Å².